The minimum absolute atomic E-state index is 0.242. The van der Waals surface area contributed by atoms with E-state index in [1.807, 2.05) is 0 Å². The van der Waals surface area contributed by atoms with E-state index in [2.05, 4.69) is 6.92 Å². The monoisotopic (exact) mass is 196 g/mol. The van der Waals surface area contributed by atoms with Gasteiger partial charge in [-0.25, -0.2) is 0 Å². The van der Waals surface area contributed by atoms with Gasteiger partial charge in [-0.15, -0.1) is 0 Å². The van der Waals surface area contributed by atoms with Crippen LogP contribution in [0.25, 0.3) is 0 Å². The highest BCUT2D eigenvalue weighted by Gasteiger charge is 2.46. The summed E-state index contributed by atoms with van der Waals surface area (Å²) in [5.74, 6) is 0. The van der Waals surface area contributed by atoms with E-state index in [0.29, 0.717) is 0 Å². The molecule has 0 aliphatic heterocycles. The van der Waals surface area contributed by atoms with Crippen molar-refractivity contribution in [3.05, 3.63) is 0 Å². The standard InChI is InChI=1S/C13H24O/c1-12(8-4-2-5-9-12)13(14)10-6-3-7-11-13/h14H,2-11H2,1H3. The van der Waals surface area contributed by atoms with Crippen LogP contribution in [0, 0.1) is 5.41 Å². The summed E-state index contributed by atoms with van der Waals surface area (Å²) in [6.07, 6.45) is 12.5. The highest BCUT2D eigenvalue weighted by molar-refractivity contribution is 4.98. The lowest BCUT2D eigenvalue weighted by Gasteiger charge is -2.49. The lowest BCUT2D eigenvalue weighted by Crippen LogP contribution is -2.48. The van der Waals surface area contributed by atoms with Crippen molar-refractivity contribution in [1.29, 1.82) is 0 Å². The van der Waals surface area contributed by atoms with Crippen molar-refractivity contribution >= 4 is 0 Å². The zero-order valence-corrected chi connectivity index (χ0v) is 9.52. The Labute approximate surface area is 87.9 Å². The summed E-state index contributed by atoms with van der Waals surface area (Å²) in [5.41, 5.74) is -0.0721. The van der Waals surface area contributed by atoms with E-state index < -0.39 is 0 Å². The minimum Gasteiger partial charge on any atom is -0.389 e. The molecule has 2 fully saturated rings. The van der Waals surface area contributed by atoms with Gasteiger partial charge in [0.15, 0.2) is 0 Å². The van der Waals surface area contributed by atoms with Crippen LogP contribution in [0.1, 0.15) is 71.1 Å². The van der Waals surface area contributed by atoms with Crippen molar-refractivity contribution in [3.8, 4) is 0 Å². The van der Waals surface area contributed by atoms with Crippen molar-refractivity contribution in [3.63, 3.8) is 0 Å². The van der Waals surface area contributed by atoms with Gasteiger partial charge in [0.05, 0.1) is 5.60 Å². The number of aliphatic hydroxyl groups is 1. The molecule has 1 nitrogen and oxygen atoms in total. The van der Waals surface area contributed by atoms with Crippen molar-refractivity contribution in [2.24, 2.45) is 5.41 Å². The van der Waals surface area contributed by atoms with Crippen LogP contribution in [0.5, 0.6) is 0 Å². The average Bonchev–Trinajstić information content (AvgIpc) is 2.20. The normalized spacial score (nSPS) is 31.3. The Morgan fingerprint density at radius 3 is 1.64 bits per heavy atom. The third kappa shape index (κ3) is 1.71. The summed E-state index contributed by atoms with van der Waals surface area (Å²) < 4.78 is 0. The van der Waals surface area contributed by atoms with E-state index in [0.717, 1.165) is 12.8 Å². The van der Waals surface area contributed by atoms with Gasteiger partial charge in [-0.3, -0.25) is 0 Å². The Kier molecular flexibility index (Phi) is 2.88. The van der Waals surface area contributed by atoms with Crippen LogP contribution in [0.2, 0.25) is 0 Å². The average molecular weight is 196 g/mol. The largest absolute Gasteiger partial charge is 0.389 e. The zero-order valence-electron chi connectivity index (χ0n) is 9.52. The van der Waals surface area contributed by atoms with Gasteiger partial charge in [-0.05, 0) is 31.1 Å². The molecule has 0 saturated heterocycles. The van der Waals surface area contributed by atoms with Crippen LogP contribution < -0.4 is 0 Å². The predicted molar refractivity (Wildman–Crippen MR) is 59.2 cm³/mol. The molecule has 0 bridgehead atoms. The van der Waals surface area contributed by atoms with Crippen LogP contribution in [-0.4, -0.2) is 10.7 Å². The molecular weight excluding hydrogens is 172 g/mol. The summed E-state index contributed by atoms with van der Waals surface area (Å²) in [4.78, 5) is 0. The summed E-state index contributed by atoms with van der Waals surface area (Å²) in [7, 11) is 0. The van der Waals surface area contributed by atoms with Gasteiger partial charge in [0.25, 0.3) is 0 Å². The fourth-order valence-corrected chi connectivity index (χ4v) is 3.54. The van der Waals surface area contributed by atoms with Gasteiger partial charge in [0, 0.05) is 0 Å². The number of hydrogen-bond donors (Lipinski definition) is 1. The van der Waals surface area contributed by atoms with E-state index in [-0.39, 0.29) is 11.0 Å². The van der Waals surface area contributed by atoms with Crippen LogP contribution in [0.15, 0.2) is 0 Å². The van der Waals surface area contributed by atoms with E-state index in [9.17, 15) is 5.11 Å². The number of hydrogen-bond acceptors (Lipinski definition) is 1. The first-order chi connectivity index (χ1) is 6.66. The summed E-state index contributed by atoms with van der Waals surface area (Å²) >= 11 is 0. The summed E-state index contributed by atoms with van der Waals surface area (Å²) in [5, 5.41) is 10.8. The van der Waals surface area contributed by atoms with Gasteiger partial charge >= 0.3 is 0 Å². The maximum Gasteiger partial charge on any atom is 0.0701 e. The van der Waals surface area contributed by atoms with Crippen LogP contribution in [-0.2, 0) is 0 Å². The Morgan fingerprint density at radius 1 is 0.714 bits per heavy atom. The molecule has 2 rings (SSSR count). The van der Waals surface area contributed by atoms with Crippen molar-refractivity contribution in [2.45, 2.75) is 76.7 Å². The van der Waals surface area contributed by atoms with Gasteiger partial charge in [0.2, 0.25) is 0 Å². The Hall–Kier alpha value is -0.0400. The maximum atomic E-state index is 10.8. The first kappa shape index (κ1) is 10.5. The van der Waals surface area contributed by atoms with Crippen molar-refractivity contribution in [2.75, 3.05) is 0 Å². The van der Waals surface area contributed by atoms with Crippen molar-refractivity contribution in [1.82, 2.24) is 0 Å². The molecule has 2 saturated carbocycles. The van der Waals surface area contributed by atoms with Crippen LogP contribution >= 0.6 is 0 Å². The molecular formula is C13H24O. The molecule has 1 N–H and O–H groups in total. The topological polar surface area (TPSA) is 20.2 Å². The highest BCUT2D eigenvalue weighted by atomic mass is 16.3. The van der Waals surface area contributed by atoms with Crippen LogP contribution in [0.4, 0.5) is 0 Å². The smallest absolute Gasteiger partial charge is 0.0701 e. The Morgan fingerprint density at radius 2 is 1.14 bits per heavy atom. The number of rotatable bonds is 1. The lowest BCUT2D eigenvalue weighted by atomic mass is 9.60. The van der Waals surface area contributed by atoms with Gasteiger partial charge in [0.1, 0.15) is 0 Å². The van der Waals surface area contributed by atoms with Crippen LogP contribution in [0.3, 0.4) is 0 Å². The van der Waals surface area contributed by atoms with Gasteiger partial charge in [-0.1, -0.05) is 45.4 Å². The fourth-order valence-electron chi connectivity index (χ4n) is 3.54. The van der Waals surface area contributed by atoms with E-state index >= 15 is 0 Å². The second-order valence-corrected chi connectivity index (χ2v) is 5.71. The lowest BCUT2D eigenvalue weighted by molar-refractivity contribution is -0.117. The molecule has 2 aliphatic carbocycles. The molecule has 0 aromatic rings. The molecule has 2 aliphatic rings. The maximum absolute atomic E-state index is 10.8. The molecule has 0 heterocycles. The van der Waals surface area contributed by atoms with Gasteiger partial charge < -0.3 is 5.11 Å². The molecule has 0 radical (unpaired) electrons. The molecule has 0 aromatic carbocycles. The molecule has 0 aromatic heterocycles. The molecule has 0 amide bonds. The third-order valence-electron chi connectivity index (χ3n) is 4.76. The minimum atomic E-state index is -0.314. The predicted octanol–water partition coefficient (Wildman–Crippen LogP) is 3.65. The summed E-state index contributed by atoms with van der Waals surface area (Å²) in [6.45, 7) is 2.33. The molecule has 0 unspecified atom stereocenters. The van der Waals surface area contributed by atoms with E-state index in [4.69, 9.17) is 0 Å². The third-order valence-corrected chi connectivity index (χ3v) is 4.76. The Bertz CT molecular complexity index is 163. The molecule has 0 atom stereocenters. The first-order valence-corrected chi connectivity index (χ1v) is 6.39. The first-order valence-electron chi connectivity index (χ1n) is 6.39. The molecule has 1 heteroatoms. The second-order valence-electron chi connectivity index (χ2n) is 5.71. The van der Waals surface area contributed by atoms with Gasteiger partial charge in [-0.2, -0.15) is 0 Å². The molecule has 82 valence electrons. The highest BCUT2D eigenvalue weighted by Crippen LogP contribution is 2.50. The fraction of sp³-hybridized carbons (Fsp3) is 1.00. The second kappa shape index (κ2) is 3.84. The summed E-state index contributed by atoms with van der Waals surface area (Å²) in [6, 6.07) is 0. The van der Waals surface area contributed by atoms with Crippen molar-refractivity contribution < 1.29 is 5.11 Å². The SMILES string of the molecule is CC1(C2(O)CCCCC2)CCCCC1. The van der Waals surface area contributed by atoms with E-state index in [1.165, 1.54) is 51.4 Å². The van der Waals surface area contributed by atoms with E-state index in [1.54, 1.807) is 0 Å². The zero-order chi connectivity index (χ0) is 10.1. The quantitative estimate of drug-likeness (QED) is 0.678. The molecule has 14 heavy (non-hydrogen) atoms. The molecule has 0 spiro atoms. The Balaban J connectivity index is 2.09.